The first kappa shape index (κ1) is 18.8. The van der Waals surface area contributed by atoms with Crippen molar-refractivity contribution in [3.63, 3.8) is 0 Å². The molecule has 0 aliphatic carbocycles. The highest BCUT2D eigenvalue weighted by Crippen LogP contribution is 2.10. The van der Waals surface area contributed by atoms with E-state index in [1.165, 1.54) is 30.3 Å². The molecule has 7 heteroatoms. The number of halogens is 1. The topological polar surface area (TPSA) is 89.3 Å². The number of hydrogen-bond donors (Lipinski definition) is 2. The van der Waals surface area contributed by atoms with Gasteiger partial charge in [-0.1, -0.05) is 42.5 Å². The van der Waals surface area contributed by atoms with Gasteiger partial charge in [0.05, 0.1) is 5.92 Å². The van der Waals surface area contributed by atoms with Crippen molar-refractivity contribution in [1.82, 2.24) is 4.72 Å². The molecule has 0 bridgehead atoms. The van der Waals surface area contributed by atoms with Crippen LogP contribution in [0.4, 0.5) is 4.39 Å². The van der Waals surface area contributed by atoms with Crippen LogP contribution in [0.2, 0.25) is 0 Å². The first-order valence-corrected chi connectivity index (χ1v) is 9.17. The molecule has 132 valence electrons. The predicted octanol–water partition coefficient (Wildman–Crippen LogP) is 2.06. The Balaban J connectivity index is 1.98. The van der Waals surface area contributed by atoms with Gasteiger partial charge in [-0.05, 0) is 35.8 Å². The molecule has 0 saturated carbocycles. The third-order valence-electron chi connectivity index (χ3n) is 3.57. The molecule has 1 unspecified atom stereocenters. The van der Waals surface area contributed by atoms with Crippen molar-refractivity contribution in [1.29, 1.82) is 0 Å². The Morgan fingerprint density at radius 3 is 2.36 bits per heavy atom. The van der Waals surface area contributed by atoms with E-state index in [9.17, 15) is 17.6 Å². The van der Waals surface area contributed by atoms with Crippen molar-refractivity contribution in [3.8, 4) is 0 Å². The number of sulfonamides is 1. The molecule has 25 heavy (non-hydrogen) atoms. The standard InChI is InChI=1S/C18H19FN2O3S/c19-17-8-6-15(7-9-17)12-16(18(20)22)13-21-25(23,24)11-10-14-4-2-1-3-5-14/h1-11,16,21H,12-13H2,(H2,20,22)/b11-10+. The van der Waals surface area contributed by atoms with Gasteiger partial charge in [0, 0.05) is 12.0 Å². The summed E-state index contributed by atoms with van der Waals surface area (Å²) in [6, 6.07) is 14.6. The van der Waals surface area contributed by atoms with Gasteiger partial charge in [-0.15, -0.1) is 0 Å². The van der Waals surface area contributed by atoms with Crippen LogP contribution in [0.1, 0.15) is 11.1 Å². The Kier molecular flexibility index (Phi) is 6.44. The molecule has 0 aliphatic rings. The quantitative estimate of drug-likeness (QED) is 0.753. The number of primary amides is 1. The van der Waals surface area contributed by atoms with Gasteiger partial charge >= 0.3 is 0 Å². The van der Waals surface area contributed by atoms with Gasteiger partial charge in [-0.2, -0.15) is 0 Å². The highest BCUT2D eigenvalue weighted by atomic mass is 32.2. The smallest absolute Gasteiger partial charge is 0.233 e. The molecule has 3 N–H and O–H groups in total. The number of nitrogens with one attached hydrogen (secondary N) is 1. The summed E-state index contributed by atoms with van der Waals surface area (Å²) in [6.07, 6.45) is 1.68. The number of benzene rings is 2. The summed E-state index contributed by atoms with van der Waals surface area (Å²) in [4.78, 5) is 11.6. The lowest BCUT2D eigenvalue weighted by Crippen LogP contribution is -2.36. The molecular formula is C18H19FN2O3S. The summed E-state index contributed by atoms with van der Waals surface area (Å²) >= 11 is 0. The summed E-state index contributed by atoms with van der Waals surface area (Å²) in [7, 11) is -3.71. The molecule has 1 atom stereocenters. The Hall–Kier alpha value is -2.51. The molecule has 0 aliphatic heterocycles. The fourth-order valence-corrected chi connectivity index (χ4v) is 3.04. The van der Waals surface area contributed by atoms with Gasteiger partial charge in [0.2, 0.25) is 15.9 Å². The van der Waals surface area contributed by atoms with Crippen LogP contribution in [0.5, 0.6) is 0 Å². The zero-order chi connectivity index (χ0) is 18.3. The summed E-state index contributed by atoms with van der Waals surface area (Å²) in [5.41, 5.74) is 6.78. The second-order valence-corrected chi connectivity index (χ2v) is 7.19. The molecule has 5 nitrogen and oxygen atoms in total. The monoisotopic (exact) mass is 362 g/mol. The SMILES string of the molecule is NC(=O)C(CNS(=O)(=O)/C=C/c1ccccc1)Cc1ccc(F)cc1. The summed E-state index contributed by atoms with van der Waals surface area (Å²) < 4.78 is 39.3. The summed E-state index contributed by atoms with van der Waals surface area (Å²) in [5.74, 6) is -1.74. The van der Waals surface area contributed by atoms with Crippen molar-refractivity contribution in [2.24, 2.45) is 11.7 Å². The average molecular weight is 362 g/mol. The average Bonchev–Trinajstić information content (AvgIpc) is 2.59. The number of nitrogens with two attached hydrogens (primary N) is 1. The van der Waals surface area contributed by atoms with Crippen LogP contribution in [0.25, 0.3) is 6.08 Å². The largest absolute Gasteiger partial charge is 0.369 e. The number of amides is 1. The van der Waals surface area contributed by atoms with E-state index in [1.54, 1.807) is 24.3 Å². The lowest BCUT2D eigenvalue weighted by Gasteiger charge is -2.13. The number of rotatable bonds is 8. The highest BCUT2D eigenvalue weighted by Gasteiger charge is 2.18. The fourth-order valence-electron chi connectivity index (χ4n) is 2.18. The number of carbonyl (C=O) groups excluding carboxylic acids is 1. The normalized spacial score (nSPS) is 13.0. The molecule has 0 radical (unpaired) electrons. The van der Waals surface area contributed by atoms with Gasteiger partial charge in [-0.3, -0.25) is 4.79 Å². The van der Waals surface area contributed by atoms with Gasteiger partial charge in [-0.25, -0.2) is 17.5 Å². The maximum atomic E-state index is 12.9. The van der Waals surface area contributed by atoms with E-state index in [0.717, 1.165) is 11.0 Å². The van der Waals surface area contributed by atoms with Gasteiger partial charge in [0.25, 0.3) is 0 Å². The van der Waals surface area contributed by atoms with Crippen molar-refractivity contribution < 1.29 is 17.6 Å². The first-order chi connectivity index (χ1) is 11.9. The Morgan fingerprint density at radius 1 is 1.12 bits per heavy atom. The van der Waals surface area contributed by atoms with E-state index in [4.69, 9.17) is 5.73 Å². The summed E-state index contributed by atoms with van der Waals surface area (Å²) in [6.45, 7) is -0.131. The van der Waals surface area contributed by atoms with Crippen LogP contribution in [0.15, 0.2) is 60.0 Å². The molecular weight excluding hydrogens is 343 g/mol. The lowest BCUT2D eigenvalue weighted by molar-refractivity contribution is -0.121. The molecule has 0 fully saturated rings. The second kappa shape index (κ2) is 8.55. The minimum atomic E-state index is -3.71. The zero-order valence-electron chi connectivity index (χ0n) is 13.4. The Labute approximate surface area is 146 Å². The number of carbonyl (C=O) groups is 1. The Morgan fingerprint density at radius 2 is 1.76 bits per heavy atom. The van der Waals surface area contributed by atoms with Crippen LogP contribution in [0.3, 0.4) is 0 Å². The molecule has 2 rings (SSSR count). The van der Waals surface area contributed by atoms with E-state index in [2.05, 4.69) is 4.72 Å². The first-order valence-electron chi connectivity index (χ1n) is 7.62. The summed E-state index contributed by atoms with van der Waals surface area (Å²) in [5, 5.41) is 1.04. The minimum Gasteiger partial charge on any atom is -0.369 e. The number of hydrogen-bond acceptors (Lipinski definition) is 3. The van der Waals surface area contributed by atoms with Crippen molar-refractivity contribution in [3.05, 3.63) is 76.9 Å². The highest BCUT2D eigenvalue weighted by molar-refractivity contribution is 7.92. The third-order valence-corrected chi connectivity index (χ3v) is 4.63. The van der Waals surface area contributed by atoms with Crippen LogP contribution in [-0.4, -0.2) is 20.9 Å². The Bertz CT molecular complexity index is 834. The van der Waals surface area contributed by atoms with Gasteiger partial charge in [0.15, 0.2) is 0 Å². The van der Waals surface area contributed by atoms with Crippen molar-refractivity contribution in [2.45, 2.75) is 6.42 Å². The van der Waals surface area contributed by atoms with E-state index in [0.29, 0.717) is 5.56 Å². The van der Waals surface area contributed by atoms with E-state index in [1.807, 2.05) is 6.07 Å². The maximum absolute atomic E-state index is 12.9. The third kappa shape index (κ3) is 6.48. The molecule has 0 heterocycles. The predicted molar refractivity (Wildman–Crippen MR) is 95.2 cm³/mol. The van der Waals surface area contributed by atoms with E-state index < -0.39 is 21.8 Å². The fraction of sp³-hybridized carbons (Fsp3) is 0.167. The molecule has 2 aromatic rings. The molecule has 0 saturated heterocycles. The van der Waals surface area contributed by atoms with Gasteiger partial charge in [0.1, 0.15) is 5.82 Å². The van der Waals surface area contributed by atoms with E-state index >= 15 is 0 Å². The van der Waals surface area contributed by atoms with Gasteiger partial charge < -0.3 is 5.73 Å². The van der Waals surface area contributed by atoms with Crippen LogP contribution < -0.4 is 10.5 Å². The van der Waals surface area contributed by atoms with Crippen molar-refractivity contribution >= 4 is 22.0 Å². The zero-order valence-corrected chi connectivity index (χ0v) is 14.2. The lowest BCUT2D eigenvalue weighted by atomic mass is 9.99. The van der Waals surface area contributed by atoms with Crippen LogP contribution in [-0.2, 0) is 21.2 Å². The molecule has 0 spiro atoms. The molecule has 2 aromatic carbocycles. The second-order valence-electron chi connectivity index (χ2n) is 5.54. The van der Waals surface area contributed by atoms with Crippen molar-refractivity contribution in [2.75, 3.05) is 6.54 Å². The molecule has 0 aromatic heterocycles. The maximum Gasteiger partial charge on any atom is 0.233 e. The van der Waals surface area contributed by atoms with Crippen LogP contribution >= 0.6 is 0 Å². The van der Waals surface area contributed by atoms with Crippen LogP contribution in [0, 0.1) is 11.7 Å². The minimum absolute atomic E-state index is 0.131. The molecule has 1 amide bonds. The van der Waals surface area contributed by atoms with E-state index in [-0.39, 0.29) is 18.8 Å².